The van der Waals surface area contributed by atoms with Crippen molar-refractivity contribution in [3.05, 3.63) is 75.1 Å². The molecule has 1 aromatic heterocycles. The molecule has 0 amide bonds. The summed E-state index contributed by atoms with van der Waals surface area (Å²) in [6, 6.07) is 14.8. The number of benzene rings is 2. The van der Waals surface area contributed by atoms with Crippen LogP contribution in [0.15, 0.2) is 57.7 Å². The topological polar surface area (TPSA) is 51.5 Å². The summed E-state index contributed by atoms with van der Waals surface area (Å²) in [6.07, 6.45) is 0. The average Bonchev–Trinajstić information content (AvgIpc) is 2.59. The molecule has 0 aliphatic carbocycles. The van der Waals surface area contributed by atoms with Crippen molar-refractivity contribution in [3.63, 3.8) is 0 Å². The molecule has 0 bridgehead atoms. The summed E-state index contributed by atoms with van der Waals surface area (Å²) in [5, 5.41) is 5.01. The minimum Gasteiger partial charge on any atom is -0.497 e. The molecule has 124 valence electrons. The van der Waals surface area contributed by atoms with Crippen molar-refractivity contribution >= 4 is 22.6 Å². The van der Waals surface area contributed by atoms with Gasteiger partial charge in [-0.2, -0.15) is 0 Å². The van der Waals surface area contributed by atoms with Gasteiger partial charge in [0.25, 0.3) is 0 Å². The van der Waals surface area contributed by atoms with E-state index in [1.165, 1.54) is 6.07 Å². The van der Waals surface area contributed by atoms with Crippen LogP contribution in [-0.4, -0.2) is 7.11 Å². The SMILES string of the molecule is COc1ccc2c(CN[C@@H](C)c3ccccc3Cl)cc(=O)oc2c1. The van der Waals surface area contributed by atoms with Crippen LogP contribution in [0.4, 0.5) is 0 Å². The molecule has 5 heteroatoms. The first kappa shape index (κ1) is 16.6. The number of methoxy groups -OCH3 is 1. The lowest BCUT2D eigenvalue weighted by Gasteiger charge is -2.16. The van der Waals surface area contributed by atoms with Crippen molar-refractivity contribution in [3.8, 4) is 5.75 Å². The summed E-state index contributed by atoms with van der Waals surface area (Å²) >= 11 is 6.24. The highest BCUT2D eigenvalue weighted by atomic mass is 35.5. The lowest BCUT2D eigenvalue weighted by Crippen LogP contribution is -2.19. The van der Waals surface area contributed by atoms with E-state index >= 15 is 0 Å². The summed E-state index contributed by atoms with van der Waals surface area (Å²) in [5.41, 5.74) is 2.04. The number of ether oxygens (including phenoxy) is 1. The van der Waals surface area contributed by atoms with Crippen molar-refractivity contribution in [2.75, 3.05) is 7.11 Å². The number of rotatable bonds is 5. The molecule has 1 atom stereocenters. The van der Waals surface area contributed by atoms with Gasteiger partial charge < -0.3 is 14.5 Å². The zero-order valence-electron chi connectivity index (χ0n) is 13.5. The molecule has 1 N–H and O–H groups in total. The molecule has 3 aromatic rings. The summed E-state index contributed by atoms with van der Waals surface area (Å²) < 4.78 is 10.4. The second-order valence-electron chi connectivity index (χ2n) is 5.58. The van der Waals surface area contributed by atoms with E-state index in [1.54, 1.807) is 13.2 Å². The molecule has 0 unspecified atom stereocenters. The second-order valence-corrected chi connectivity index (χ2v) is 5.98. The van der Waals surface area contributed by atoms with Crippen LogP contribution < -0.4 is 15.7 Å². The normalized spacial score (nSPS) is 12.3. The maximum Gasteiger partial charge on any atom is 0.336 e. The molecule has 0 radical (unpaired) electrons. The van der Waals surface area contributed by atoms with Crippen LogP contribution in [0.3, 0.4) is 0 Å². The van der Waals surface area contributed by atoms with Gasteiger partial charge in [0.15, 0.2) is 0 Å². The van der Waals surface area contributed by atoms with Crippen molar-refractivity contribution in [1.82, 2.24) is 5.32 Å². The van der Waals surface area contributed by atoms with Gasteiger partial charge in [0.1, 0.15) is 11.3 Å². The first-order chi connectivity index (χ1) is 11.6. The Kier molecular flexibility index (Phi) is 4.88. The van der Waals surface area contributed by atoms with E-state index in [1.807, 2.05) is 43.3 Å². The molecule has 3 rings (SSSR count). The molecule has 0 aliphatic heterocycles. The molecule has 0 saturated carbocycles. The molecule has 2 aromatic carbocycles. The first-order valence-corrected chi connectivity index (χ1v) is 8.05. The van der Waals surface area contributed by atoms with E-state index in [0.29, 0.717) is 17.9 Å². The predicted octanol–water partition coefficient (Wildman–Crippen LogP) is 4.31. The van der Waals surface area contributed by atoms with Crippen LogP contribution >= 0.6 is 11.6 Å². The van der Waals surface area contributed by atoms with Crippen LogP contribution in [0.5, 0.6) is 5.75 Å². The Morgan fingerprint density at radius 2 is 2.00 bits per heavy atom. The van der Waals surface area contributed by atoms with Crippen molar-refractivity contribution < 1.29 is 9.15 Å². The standard InChI is InChI=1S/C19H18ClNO3/c1-12(15-5-3-4-6-17(15)20)21-11-13-9-19(22)24-18-10-14(23-2)7-8-16(13)18/h3-10,12,21H,11H2,1-2H3/t12-/m0/s1. The van der Waals surface area contributed by atoms with E-state index in [-0.39, 0.29) is 11.7 Å². The summed E-state index contributed by atoms with van der Waals surface area (Å²) in [7, 11) is 1.58. The van der Waals surface area contributed by atoms with E-state index in [4.69, 9.17) is 20.8 Å². The fourth-order valence-electron chi connectivity index (χ4n) is 2.68. The predicted molar refractivity (Wildman–Crippen MR) is 95.7 cm³/mol. The molecule has 0 aliphatic rings. The lowest BCUT2D eigenvalue weighted by atomic mass is 10.1. The first-order valence-electron chi connectivity index (χ1n) is 7.67. The number of hydrogen-bond donors (Lipinski definition) is 1. The molecule has 1 heterocycles. The second kappa shape index (κ2) is 7.07. The average molecular weight is 344 g/mol. The van der Waals surface area contributed by atoms with Gasteiger partial charge in [-0.1, -0.05) is 29.8 Å². The maximum atomic E-state index is 11.8. The molecular weight excluding hydrogens is 326 g/mol. The fraction of sp³-hybridized carbons (Fsp3) is 0.211. The van der Waals surface area contributed by atoms with Crippen molar-refractivity contribution in [2.24, 2.45) is 0 Å². The zero-order chi connectivity index (χ0) is 17.1. The van der Waals surface area contributed by atoms with Crippen LogP contribution in [-0.2, 0) is 6.54 Å². The molecule has 0 saturated heterocycles. The third-order valence-electron chi connectivity index (χ3n) is 4.01. The Morgan fingerprint density at radius 1 is 1.21 bits per heavy atom. The monoisotopic (exact) mass is 343 g/mol. The minimum absolute atomic E-state index is 0.0549. The summed E-state index contributed by atoms with van der Waals surface area (Å²) in [4.78, 5) is 11.8. The van der Waals surface area contributed by atoms with Crippen molar-refractivity contribution in [1.29, 1.82) is 0 Å². The van der Waals surface area contributed by atoms with Crippen LogP contribution in [0, 0.1) is 0 Å². The van der Waals surface area contributed by atoms with Crippen LogP contribution in [0.1, 0.15) is 24.1 Å². The van der Waals surface area contributed by atoms with E-state index in [2.05, 4.69) is 5.32 Å². The summed E-state index contributed by atoms with van der Waals surface area (Å²) in [5.74, 6) is 0.653. The quantitative estimate of drug-likeness (QED) is 0.701. The highest BCUT2D eigenvalue weighted by Crippen LogP contribution is 2.25. The Bertz CT molecular complexity index is 920. The van der Waals surface area contributed by atoms with E-state index in [0.717, 1.165) is 21.5 Å². The van der Waals surface area contributed by atoms with Gasteiger partial charge in [0.05, 0.1) is 7.11 Å². The van der Waals surface area contributed by atoms with E-state index < -0.39 is 0 Å². The molecule has 24 heavy (non-hydrogen) atoms. The highest BCUT2D eigenvalue weighted by molar-refractivity contribution is 6.31. The number of fused-ring (bicyclic) bond motifs is 1. The number of halogens is 1. The number of nitrogens with one attached hydrogen (secondary N) is 1. The van der Waals surface area contributed by atoms with Gasteiger partial charge in [-0.25, -0.2) is 4.79 Å². The van der Waals surface area contributed by atoms with E-state index in [9.17, 15) is 4.79 Å². The maximum absolute atomic E-state index is 11.8. The molecule has 0 spiro atoms. The Balaban J connectivity index is 1.87. The van der Waals surface area contributed by atoms with Gasteiger partial charge in [0, 0.05) is 35.1 Å². The largest absolute Gasteiger partial charge is 0.497 e. The molecule has 0 fully saturated rings. The number of hydrogen-bond acceptors (Lipinski definition) is 4. The molecule has 4 nitrogen and oxygen atoms in total. The third kappa shape index (κ3) is 3.45. The highest BCUT2D eigenvalue weighted by Gasteiger charge is 2.11. The Hall–Kier alpha value is -2.30. The van der Waals surface area contributed by atoms with Gasteiger partial charge in [-0.15, -0.1) is 0 Å². The fourth-order valence-corrected chi connectivity index (χ4v) is 2.98. The summed E-state index contributed by atoms with van der Waals surface area (Å²) in [6.45, 7) is 2.57. The minimum atomic E-state index is -0.377. The van der Waals surface area contributed by atoms with Crippen LogP contribution in [0.25, 0.3) is 11.0 Å². The lowest BCUT2D eigenvalue weighted by molar-refractivity contribution is 0.414. The van der Waals surface area contributed by atoms with Gasteiger partial charge in [-0.3, -0.25) is 0 Å². The van der Waals surface area contributed by atoms with Crippen molar-refractivity contribution in [2.45, 2.75) is 19.5 Å². The van der Waals surface area contributed by atoms with Gasteiger partial charge >= 0.3 is 5.63 Å². The van der Waals surface area contributed by atoms with Gasteiger partial charge in [-0.05, 0) is 36.2 Å². The van der Waals surface area contributed by atoms with Gasteiger partial charge in [0.2, 0.25) is 0 Å². The molecular formula is C19H18ClNO3. The van der Waals surface area contributed by atoms with Crippen LogP contribution in [0.2, 0.25) is 5.02 Å². The smallest absolute Gasteiger partial charge is 0.336 e. The Morgan fingerprint density at radius 3 is 2.75 bits per heavy atom. The zero-order valence-corrected chi connectivity index (χ0v) is 14.3. The third-order valence-corrected chi connectivity index (χ3v) is 4.35. The Labute approximate surface area is 145 Å².